The van der Waals surface area contributed by atoms with E-state index in [4.69, 9.17) is 0 Å². The summed E-state index contributed by atoms with van der Waals surface area (Å²) < 4.78 is 0. The van der Waals surface area contributed by atoms with E-state index in [2.05, 4.69) is 24.1 Å². The molecule has 0 spiro atoms. The Hall–Kier alpha value is -0.120. The van der Waals surface area contributed by atoms with Crippen molar-refractivity contribution in [3.8, 4) is 0 Å². The predicted octanol–water partition coefficient (Wildman–Crippen LogP) is 1.61. The van der Waals surface area contributed by atoms with Crippen LogP contribution in [0.5, 0.6) is 0 Å². The summed E-state index contributed by atoms with van der Waals surface area (Å²) in [5, 5.41) is 13.7. The fraction of sp³-hybridized carbons (Fsp3) is 1.00. The number of nitrogens with zero attached hydrogens (tertiary/aromatic N) is 1. The third kappa shape index (κ3) is 3.67. The lowest BCUT2D eigenvalue weighted by molar-refractivity contribution is 0.0469. The molecule has 2 N–H and O–H groups in total. The average Bonchev–Trinajstić information content (AvgIpc) is 2.88. The van der Waals surface area contributed by atoms with Gasteiger partial charge in [0.2, 0.25) is 0 Å². The van der Waals surface area contributed by atoms with Crippen LogP contribution in [0.15, 0.2) is 0 Å². The lowest BCUT2D eigenvalue weighted by Crippen LogP contribution is -2.40. The molecule has 0 amide bonds. The van der Waals surface area contributed by atoms with E-state index in [0.29, 0.717) is 6.04 Å². The quantitative estimate of drug-likeness (QED) is 0.766. The predicted molar refractivity (Wildman–Crippen MR) is 71.1 cm³/mol. The maximum atomic E-state index is 10.2. The summed E-state index contributed by atoms with van der Waals surface area (Å²) in [4.78, 5) is 2.55. The molecule has 2 rings (SSSR count). The van der Waals surface area contributed by atoms with E-state index in [1.807, 2.05) is 0 Å². The normalized spacial score (nSPS) is 29.3. The van der Waals surface area contributed by atoms with E-state index in [1.165, 1.54) is 32.4 Å². The highest BCUT2D eigenvalue weighted by molar-refractivity contribution is 4.87. The van der Waals surface area contributed by atoms with Crippen molar-refractivity contribution < 1.29 is 5.11 Å². The summed E-state index contributed by atoms with van der Waals surface area (Å²) in [7, 11) is 0. The molecule has 100 valence electrons. The van der Waals surface area contributed by atoms with E-state index < -0.39 is 5.60 Å². The van der Waals surface area contributed by atoms with Gasteiger partial charge in [-0.3, -0.25) is 0 Å². The first-order valence-corrected chi connectivity index (χ1v) is 7.26. The molecule has 0 bridgehead atoms. The van der Waals surface area contributed by atoms with Crippen LogP contribution in [0.1, 0.15) is 46.0 Å². The average molecular weight is 240 g/mol. The minimum Gasteiger partial charge on any atom is -0.389 e. The van der Waals surface area contributed by atoms with Gasteiger partial charge < -0.3 is 15.3 Å². The second-order valence-corrected chi connectivity index (χ2v) is 6.31. The molecule has 1 atom stereocenters. The lowest BCUT2D eigenvalue weighted by atomic mass is 10.0. The monoisotopic (exact) mass is 240 g/mol. The van der Waals surface area contributed by atoms with Gasteiger partial charge in [-0.05, 0) is 52.1 Å². The van der Waals surface area contributed by atoms with Crippen LogP contribution in [0.3, 0.4) is 0 Å². The van der Waals surface area contributed by atoms with Gasteiger partial charge in [0.05, 0.1) is 5.60 Å². The van der Waals surface area contributed by atoms with E-state index in [0.717, 1.165) is 31.8 Å². The highest BCUT2D eigenvalue weighted by Gasteiger charge is 2.31. The Kier molecular flexibility index (Phi) is 4.45. The van der Waals surface area contributed by atoms with Gasteiger partial charge in [-0.1, -0.05) is 12.8 Å². The zero-order valence-corrected chi connectivity index (χ0v) is 11.4. The Morgan fingerprint density at radius 3 is 2.65 bits per heavy atom. The van der Waals surface area contributed by atoms with Gasteiger partial charge in [-0.15, -0.1) is 0 Å². The summed E-state index contributed by atoms with van der Waals surface area (Å²) in [5.74, 6) is 0.780. The fourth-order valence-corrected chi connectivity index (χ4v) is 3.22. The van der Waals surface area contributed by atoms with Gasteiger partial charge in [-0.2, -0.15) is 0 Å². The second-order valence-electron chi connectivity index (χ2n) is 6.31. The molecule has 2 aliphatic rings. The summed E-state index contributed by atoms with van der Waals surface area (Å²) in [6.07, 6.45) is 5.68. The minimum absolute atomic E-state index is 0.393. The van der Waals surface area contributed by atoms with Crippen molar-refractivity contribution in [2.45, 2.75) is 57.6 Å². The summed E-state index contributed by atoms with van der Waals surface area (Å²) in [6, 6.07) is 0.680. The van der Waals surface area contributed by atoms with E-state index in [9.17, 15) is 5.11 Å². The molecule has 1 heterocycles. The number of nitrogens with one attached hydrogen (secondary N) is 1. The molecule has 0 radical (unpaired) electrons. The van der Waals surface area contributed by atoms with Gasteiger partial charge in [0, 0.05) is 19.1 Å². The Morgan fingerprint density at radius 2 is 2.06 bits per heavy atom. The first-order chi connectivity index (χ1) is 8.09. The molecule has 0 aromatic rings. The number of hydrogen-bond donors (Lipinski definition) is 2. The largest absolute Gasteiger partial charge is 0.389 e. The molecule has 1 saturated heterocycles. The summed E-state index contributed by atoms with van der Waals surface area (Å²) >= 11 is 0. The van der Waals surface area contributed by atoms with Crippen LogP contribution in [0.25, 0.3) is 0 Å². The Labute approximate surface area is 106 Å². The maximum Gasteiger partial charge on any atom is 0.0771 e. The van der Waals surface area contributed by atoms with E-state index in [-0.39, 0.29) is 0 Å². The van der Waals surface area contributed by atoms with Crippen molar-refractivity contribution in [2.24, 2.45) is 5.92 Å². The molecule has 3 nitrogen and oxygen atoms in total. The van der Waals surface area contributed by atoms with Gasteiger partial charge in [0.1, 0.15) is 0 Å². The molecule has 1 unspecified atom stereocenters. The smallest absolute Gasteiger partial charge is 0.0771 e. The standard InChI is InChI=1S/C14H28N2O/c1-12(2)16-8-5-13(10-16)9-15-11-14(17)6-3-4-7-14/h12-13,15,17H,3-11H2,1-2H3. The third-order valence-electron chi connectivity index (χ3n) is 4.47. The van der Waals surface area contributed by atoms with Crippen molar-refractivity contribution in [1.29, 1.82) is 0 Å². The van der Waals surface area contributed by atoms with Crippen LogP contribution in [-0.2, 0) is 0 Å². The molecule has 1 saturated carbocycles. The Morgan fingerprint density at radius 1 is 1.35 bits per heavy atom. The minimum atomic E-state index is -0.393. The SMILES string of the molecule is CC(C)N1CCC(CNCC2(O)CCCC2)C1. The number of likely N-dealkylation sites (tertiary alicyclic amines) is 1. The van der Waals surface area contributed by atoms with Crippen molar-refractivity contribution in [2.75, 3.05) is 26.2 Å². The molecular weight excluding hydrogens is 212 g/mol. The van der Waals surface area contributed by atoms with Gasteiger partial charge in [-0.25, -0.2) is 0 Å². The number of aliphatic hydroxyl groups is 1. The van der Waals surface area contributed by atoms with Crippen molar-refractivity contribution in [1.82, 2.24) is 10.2 Å². The summed E-state index contributed by atoms with van der Waals surface area (Å²) in [5.41, 5.74) is -0.393. The molecule has 0 aromatic heterocycles. The van der Waals surface area contributed by atoms with Crippen LogP contribution < -0.4 is 5.32 Å². The molecule has 3 heteroatoms. The third-order valence-corrected chi connectivity index (χ3v) is 4.47. The zero-order chi connectivity index (χ0) is 12.3. The van der Waals surface area contributed by atoms with E-state index in [1.54, 1.807) is 0 Å². The van der Waals surface area contributed by atoms with Gasteiger partial charge in [0.25, 0.3) is 0 Å². The maximum absolute atomic E-state index is 10.2. The van der Waals surface area contributed by atoms with Crippen LogP contribution in [0, 0.1) is 5.92 Å². The van der Waals surface area contributed by atoms with Crippen LogP contribution in [-0.4, -0.2) is 47.8 Å². The number of rotatable bonds is 5. The van der Waals surface area contributed by atoms with Crippen LogP contribution in [0.2, 0.25) is 0 Å². The van der Waals surface area contributed by atoms with Crippen LogP contribution >= 0.6 is 0 Å². The Bertz CT molecular complexity index is 236. The second kappa shape index (κ2) is 5.68. The van der Waals surface area contributed by atoms with Crippen LogP contribution in [0.4, 0.5) is 0 Å². The lowest BCUT2D eigenvalue weighted by Gasteiger charge is -2.24. The first-order valence-electron chi connectivity index (χ1n) is 7.26. The van der Waals surface area contributed by atoms with Crippen molar-refractivity contribution in [3.63, 3.8) is 0 Å². The van der Waals surface area contributed by atoms with Crippen molar-refractivity contribution >= 4 is 0 Å². The topological polar surface area (TPSA) is 35.5 Å². The van der Waals surface area contributed by atoms with Crippen molar-refractivity contribution in [3.05, 3.63) is 0 Å². The molecule has 17 heavy (non-hydrogen) atoms. The summed E-state index contributed by atoms with van der Waals surface area (Å²) in [6.45, 7) is 8.89. The van der Waals surface area contributed by atoms with Gasteiger partial charge in [0.15, 0.2) is 0 Å². The number of hydrogen-bond acceptors (Lipinski definition) is 3. The molecular formula is C14H28N2O. The molecule has 1 aliphatic carbocycles. The highest BCUT2D eigenvalue weighted by Crippen LogP contribution is 2.28. The van der Waals surface area contributed by atoms with E-state index >= 15 is 0 Å². The molecule has 1 aliphatic heterocycles. The van der Waals surface area contributed by atoms with Gasteiger partial charge >= 0.3 is 0 Å². The molecule has 0 aromatic carbocycles. The first kappa shape index (κ1) is 13.3. The fourth-order valence-electron chi connectivity index (χ4n) is 3.22. The highest BCUT2D eigenvalue weighted by atomic mass is 16.3. The Balaban J connectivity index is 1.63. The zero-order valence-electron chi connectivity index (χ0n) is 11.4. The molecule has 2 fully saturated rings.